The zero-order valence-corrected chi connectivity index (χ0v) is 18.8. The fourth-order valence-electron chi connectivity index (χ4n) is 2.99. The molecule has 2 aromatic carbocycles. The quantitative estimate of drug-likeness (QED) is 0.300. The van der Waals surface area contributed by atoms with Crippen LogP contribution in [0.5, 0.6) is 0 Å². The summed E-state index contributed by atoms with van der Waals surface area (Å²) in [5.41, 5.74) is -8.17. The van der Waals surface area contributed by atoms with Crippen LogP contribution in [0.15, 0.2) is 34.1 Å². The van der Waals surface area contributed by atoms with Crippen LogP contribution in [0.4, 0.5) is 34.1 Å². The summed E-state index contributed by atoms with van der Waals surface area (Å²) < 4.78 is 26.4. The molecule has 0 fully saturated rings. The summed E-state index contributed by atoms with van der Waals surface area (Å²) in [6, 6.07) is 0.692. The number of sulfone groups is 1. The first-order valence-corrected chi connectivity index (χ1v) is 10.4. The molecule has 23 heteroatoms. The molecule has 22 nitrogen and oxygen atoms in total. The monoisotopic (exact) mass is 546 g/mol. The van der Waals surface area contributed by atoms with Crippen LogP contribution in [0.1, 0.15) is 0 Å². The standard InChI is InChI=1S/C14H10N8O14S/c1-15(21(31)32)13-9(17(23)24)3-7(4-10(13)18(25)26)37(35,36)8-5-11(19(27)28)14(16(2)22(33)34)12(6-8)20(29)30/h3-6H,1-2H3. The van der Waals surface area contributed by atoms with Crippen LogP contribution in [0.25, 0.3) is 0 Å². The molecule has 0 aromatic heterocycles. The Kier molecular flexibility index (Phi) is 7.14. The predicted octanol–water partition coefficient (Wildman–Crippen LogP) is 1.41. The van der Waals surface area contributed by atoms with Gasteiger partial charge in [0.2, 0.25) is 9.84 Å². The van der Waals surface area contributed by atoms with E-state index >= 15 is 0 Å². The Bertz CT molecular complexity index is 1330. The lowest BCUT2D eigenvalue weighted by atomic mass is 10.2. The molecule has 196 valence electrons. The van der Waals surface area contributed by atoms with E-state index in [1.807, 2.05) is 0 Å². The SMILES string of the molecule is CN(c1c([N+](=O)[O-])cc(S(=O)(=O)c2cc([N+](=O)[O-])c(N(C)[N+](=O)[O-])c([N+](=O)[O-])c2)cc1[N+](=O)[O-])[N+](=O)[O-]. The maximum absolute atomic E-state index is 13.2. The number of nitrogens with zero attached hydrogens (tertiary/aromatic N) is 8. The number of hydrogen-bond donors (Lipinski definition) is 0. The lowest BCUT2D eigenvalue weighted by Gasteiger charge is -2.13. The number of nitro groups is 6. The molecule has 0 bridgehead atoms. The first kappa shape index (κ1) is 27.6. The maximum Gasteiger partial charge on any atom is 0.307 e. The highest BCUT2D eigenvalue weighted by Gasteiger charge is 2.40. The Hall–Kier alpha value is -5.61. The summed E-state index contributed by atoms with van der Waals surface area (Å²) in [4.78, 5) is 60.1. The van der Waals surface area contributed by atoms with Gasteiger partial charge in [0.1, 0.15) is 0 Å². The largest absolute Gasteiger partial charge is 0.307 e. The van der Waals surface area contributed by atoms with E-state index in [-0.39, 0.29) is 34.3 Å². The minimum Gasteiger partial charge on any atom is -0.258 e. The van der Waals surface area contributed by atoms with Crippen molar-refractivity contribution in [1.82, 2.24) is 0 Å². The van der Waals surface area contributed by atoms with Gasteiger partial charge in [-0.15, -0.1) is 0 Å². The zero-order valence-electron chi connectivity index (χ0n) is 18.0. The van der Waals surface area contributed by atoms with Gasteiger partial charge in [0.05, 0.1) is 43.6 Å². The van der Waals surface area contributed by atoms with Crippen LogP contribution in [0, 0.1) is 60.7 Å². The first-order chi connectivity index (χ1) is 16.9. The van der Waals surface area contributed by atoms with Gasteiger partial charge in [0.25, 0.3) is 11.4 Å². The summed E-state index contributed by atoms with van der Waals surface area (Å²) in [7, 11) is -4.09. The molecule has 37 heavy (non-hydrogen) atoms. The van der Waals surface area contributed by atoms with Crippen LogP contribution in [0.3, 0.4) is 0 Å². The van der Waals surface area contributed by atoms with Gasteiger partial charge >= 0.3 is 22.7 Å². The van der Waals surface area contributed by atoms with E-state index < -0.39 is 83.5 Å². The van der Waals surface area contributed by atoms with Gasteiger partial charge in [-0.2, -0.15) is 0 Å². The van der Waals surface area contributed by atoms with Crippen molar-refractivity contribution in [2.24, 2.45) is 0 Å². The van der Waals surface area contributed by atoms with E-state index in [0.717, 1.165) is 0 Å². The zero-order chi connectivity index (χ0) is 28.6. The van der Waals surface area contributed by atoms with Crippen molar-refractivity contribution in [3.8, 4) is 0 Å². The third-order valence-corrected chi connectivity index (χ3v) is 6.34. The van der Waals surface area contributed by atoms with Crippen LogP contribution >= 0.6 is 0 Å². The second kappa shape index (κ2) is 9.56. The summed E-state index contributed by atoms with van der Waals surface area (Å²) >= 11 is 0. The summed E-state index contributed by atoms with van der Waals surface area (Å²) in [5, 5.41) is 65.4. The van der Waals surface area contributed by atoms with Crippen molar-refractivity contribution >= 4 is 44.0 Å². The van der Waals surface area contributed by atoms with Crippen molar-refractivity contribution < 1.29 is 38.2 Å². The highest BCUT2D eigenvalue weighted by atomic mass is 32.2. The number of rotatable bonds is 10. The molecular formula is C14H10N8O14S. The Balaban J connectivity index is 3.02. The molecule has 0 spiro atoms. The molecule has 0 N–H and O–H groups in total. The molecule has 0 aliphatic rings. The molecule has 0 saturated heterocycles. The van der Waals surface area contributed by atoms with E-state index in [9.17, 15) is 69.1 Å². The minimum atomic E-state index is -5.28. The van der Waals surface area contributed by atoms with E-state index in [2.05, 4.69) is 0 Å². The number of benzene rings is 2. The van der Waals surface area contributed by atoms with E-state index in [0.29, 0.717) is 14.1 Å². The van der Waals surface area contributed by atoms with Gasteiger partial charge in [-0.1, -0.05) is 10.0 Å². The average molecular weight is 546 g/mol. The van der Waals surface area contributed by atoms with Crippen molar-refractivity contribution in [2.45, 2.75) is 9.79 Å². The smallest absolute Gasteiger partial charge is 0.258 e. The van der Waals surface area contributed by atoms with E-state index in [1.165, 1.54) is 0 Å². The molecule has 0 unspecified atom stereocenters. The summed E-state index contributed by atoms with van der Waals surface area (Å²) in [6.45, 7) is 0. The number of hydrogen-bond acceptors (Lipinski definition) is 14. The molecular weight excluding hydrogens is 536 g/mol. The normalized spacial score (nSPS) is 10.9. The van der Waals surface area contributed by atoms with Gasteiger partial charge in [-0.25, -0.2) is 28.6 Å². The third-order valence-electron chi connectivity index (χ3n) is 4.63. The average Bonchev–Trinajstić information content (AvgIpc) is 2.80. The predicted molar refractivity (Wildman–Crippen MR) is 116 cm³/mol. The van der Waals surface area contributed by atoms with Gasteiger partial charge in [0.15, 0.2) is 10.1 Å². The lowest BCUT2D eigenvalue weighted by molar-refractivity contribution is -0.493. The van der Waals surface area contributed by atoms with Crippen molar-refractivity contribution in [3.63, 3.8) is 0 Å². The van der Waals surface area contributed by atoms with Crippen molar-refractivity contribution in [1.29, 1.82) is 0 Å². The molecule has 0 heterocycles. The van der Waals surface area contributed by atoms with E-state index in [4.69, 9.17) is 0 Å². The summed E-state index contributed by atoms with van der Waals surface area (Å²) in [5.74, 6) is 0. The Labute approximate surface area is 201 Å². The minimum absolute atomic E-state index is 0.120. The van der Waals surface area contributed by atoms with Gasteiger partial charge in [0, 0.05) is 24.3 Å². The number of nitro benzene ring substituents is 4. The van der Waals surface area contributed by atoms with Crippen LogP contribution in [-0.2, 0) is 9.84 Å². The van der Waals surface area contributed by atoms with Crippen molar-refractivity contribution in [2.75, 3.05) is 24.1 Å². The topological polar surface area (TPSA) is 299 Å². The molecule has 0 radical (unpaired) electrons. The molecule has 0 aliphatic carbocycles. The highest BCUT2D eigenvalue weighted by Crippen LogP contribution is 2.43. The van der Waals surface area contributed by atoms with Crippen LogP contribution in [0.2, 0.25) is 0 Å². The van der Waals surface area contributed by atoms with E-state index in [1.54, 1.807) is 0 Å². The maximum atomic E-state index is 13.2. The molecule has 2 aromatic rings. The fourth-order valence-corrected chi connectivity index (χ4v) is 4.33. The van der Waals surface area contributed by atoms with Crippen LogP contribution < -0.4 is 10.0 Å². The fraction of sp³-hybridized carbons (Fsp3) is 0.143. The Morgan fingerprint density at radius 1 is 0.541 bits per heavy atom. The second-order valence-electron chi connectivity index (χ2n) is 6.68. The third kappa shape index (κ3) is 4.94. The molecule has 2 rings (SSSR count). The lowest BCUT2D eigenvalue weighted by Crippen LogP contribution is -2.26. The second-order valence-corrected chi connectivity index (χ2v) is 8.62. The van der Waals surface area contributed by atoms with Gasteiger partial charge in [-0.3, -0.25) is 40.5 Å². The number of hydrazine groups is 2. The first-order valence-electron chi connectivity index (χ1n) is 8.88. The van der Waals surface area contributed by atoms with Crippen LogP contribution in [-0.4, -0.2) is 52.3 Å². The van der Waals surface area contributed by atoms with Gasteiger partial charge in [-0.05, 0) is 0 Å². The Morgan fingerprint density at radius 2 is 0.757 bits per heavy atom. The molecule has 0 saturated carbocycles. The van der Waals surface area contributed by atoms with Crippen molar-refractivity contribution in [3.05, 3.63) is 85.0 Å². The van der Waals surface area contributed by atoms with Gasteiger partial charge < -0.3 is 0 Å². The molecule has 0 atom stereocenters. The highest BCUT2D eigenvalue weighted by molar-refractivity contribution is 7.91. The number of anilines is 2. The summed E-state index contributed by atoms with van der Waals surface area (Å²) in [6.07, 6.45) is 0. The molecule has 0 aliphatic heterocycles. The molecule has 0 amide bonds. The Morgan fingerprint density at radius 3 is 0.919 bits per heavy atom.